The molecular weight excluding hydrogens is 356 g/mol. The van der Waals surface area contributed by atoms with Crippen LogP contribution in [0.3, 0.4) is 0 Å². The van der Waals surface area contributed by atoms with Crippen LogP contribution in [-0.4, -0.2) is 33.0 Å². The maximum Gasteiger partial charge on any atom is 0.334 e. The van der Waals surface area contributed by atoms with Gasteiger partial charge in [0.1, 0.15) is 11.5 Å². The van der Waals surface area contributed by atoms with Gasteiger partial charge in [0.05, 0.1) is 0 Å². The van der Waals surface area contributed by atoms with E-state index in [-0.39, 0.29) is 0 Å². The third kappa shape index (κ3) is 4.72. The molecule has 0 saturated heterocycles. The van der Waals surface area contributed by atoms with Crippen LogP contribution in [0.4, 0.5) is 0 Å². The molecule has 1 atom stereocenters. The molecule has 0 amide bonds. The van der Waals surface area contributed by atoms with Crippen molar-refractivity contribution in [3.63, 3.8) is 0 Å². The Morgan fingerprint density at radius 3 is 2.41 bits per heavy atom. The quantitative estimate of drug-likeness (QED) is 0.560. The van der Waals surface area contributed by atoms with Crippen LogP contribution in [0.2, 0.25) is 12.6 Å². The fourth-order valence-electron chi connectivity index (χ4n) is 4.06. The van der Waals surface area contributed by atoms with Crippen LogP contribution >= 0.6 is 0 Å². The van der Waals surface area contributed by atoms with Gasteiger partial charge in [0, 0.05) is 14.2 Å². The fraction of sp³-hybridized carbons (Fsp3) is 0.455. The lowest BCUT2D eigenvalue weighted by atomic mass is 9.87. The largest absolute Gasteiger partial charge is 0.508 e. The third-order valence-corrected chi connectivity index (χ3v) is 8.83. The maximum atomic E-state index is 10.2. The highest BCUT2D eigenvalue weighted by molar-refractivity contribution is 6.65. The van der Waals surface area contributed by atoms with E-state index in [2.05, 4.69) is 6.55 Å². The Bertz CT molecular complexity index is 769. The number of aromatic hydroxyl groups is 2. The number of phenols is 2. The van der Waals surface area contributed by atoms with Crippen LogP contribution in [-0.2, 0) is 28.1 Å². The van der Waals surface area contributed by atoms with E-state index in [4.69, 9.17) is 8.85 Å². The van der Waals surface area contributed by atoms with Crippen LogP contribution in [0, 0.1) is 0 Å². The first-order valence-corrected chi connectivity index (χ1v) is 12.2. The highest BCUT2D eigenvalue weighted by Gasteiger charge is 2.29. The molecule has 0 aromatic heterocycles. The summed E-state index contributed by atoms with van der Waals surface area (Å²) in [6.07, 6.45) is 5.03. The molecule has 1 aliphatic carbocycles. The van der Waals surface area contributed by atoms with Crippen molar-refractivity contribution in [1.82, 2.24) is 0 Å². The summed E-state index contributed by atoms with van der Waals surface area (Å²) in [6.45, 7) is 2.08. The van der Waals surface area contributed by atoms with Crippen LogP contribution < -0.4 is 0 Å². The number of aryl methyl sites for hydroxylation is 2. The first-order valence-electron chi connectivity index (χ1n) is 9.67. The number of benzene rings is 2. The molecule has 5 heteroatoms. The number of phenolic OH excluding ortho intramolecular Hbond substituents is 2. The van der Waals surface area contributed by atoms with Crippen LogP contribution in [0.5, 0.6) is 11.5 Å². The molecule has 0 fully saturated rings. The Morgan fingerprint density at radius 1 is 1.04 bits per heavy atom. The predicted octanol–water partition coefficient (Wildman–Crippen LogP) is 4.67. The van der Waals surface area contributed by atoms with Gasteiger partial charge >= 0.3 is 8.56 Å². The molecule has 0 radical (unpaired) electrons. The lowest BCUT2D eigenvalue weighted by Gasteiger charge is -2.24. The second-order valence-corrected chi connectivity index (χ2v) is 11.3. The molecule has 1 aliphatic rings. The van der Waals surface area contributed by atoms with Gasteiger partial charge in [-0.2, -0.15) is 0 Å². The van der Waals surface area contributed by atoms with E-state index in [9.17, 15) is 10.2 Å². The summed E-state index contributed by atoms with van der Waals surface area (Å²) in [6, 6.07) is 12.3. The maximum absolute atomic E-state index is 10.2. The Kier molecular flexibility index (Phi) is 6.24. The average molecular weight is 387 g/mol. The smallest absolute Gasteiger partial charge is 0.334 e. The molecule has 27 heavy (non-hydrogen) atoms. The summed E-state index contributed by atoms with van der Waals surface area (Å²) in [7, 11) is 1.29. The third-order valence-electron chi connectivity index (χ3n) is 5.95. The SMILES string of the molecule is CO[Si](C)(CCc1cc(O)cc2c1CC(c1ccc(O)cc1)CCC2)OC. The summed E-state index contributed by atoms with van der Waals surface area (Å²) in [5, 5.41) is 19.8. The van der Waals surface area contributed by atoms with E-state index in [1.165, 1.54) is 22.3 Å². The number of hydrogen-bond donors (Lipinski definition) is 2. The lowest BCUT2D eigenvalue weighted by Crippen LogP contribution is -2.36. The standard InChI is InChI=1S/C22H30O4Si/c1-25-27(3,26-2)12-11-19-14-21(24)13-18-6-4-5-17(15-22(18)19)16-7-9-20(23)10-8-16/h7-10,13-14,17,23-24H,4-6,11-12,15H2,1-3H3. The average Bonchev–Trinajstić information content (AvgIpc) is 2.89. The molecule has 4 nitrogen and oxygen atoms in total. The van der Waals surface area contributed by atoms with Gasteiger partial charge in [0.2, 0.25) is 0 Å². The molecular formula is C22H30O4Si. The molecule has 146 valence electrons. The normalized spacial score (nSPS) is 17.4. The Labute approximate surface area is 163 Å². The summed E-state index contributed by atoms with van der Waals surface area (Å²) in [5.74, 6) is 1.09. The van der Waals surface area contributed by atoms with E-state index in [0.29, 0.717) is 17.4 Å². The van der Waals surface area contributed by atoms with E-state index >= 15 is 0 Å². The number of fused-ring (bicyclic) bond motifs is 1. The molecule has 2 N–H and O–H groups in total. The molecule has 2 aromatic carbocycles. The van der Waals surface area contributed by atoms with Crippen LogP contribution in [0.25, 0.3) is 0 Å². The molecule has 0 bridgehead atoms. The molecule has 1 unspecified atom stereocenters. The van der Waals surface area contributed by atoms with Crippen molar-refractivity contribution in [2.45, 2.75) is 50.6 Å². The second-order valence-electron chi connectivity index (χ2n) is 7.67. The highest BCUT2D eigenvalue weighted by Crippen LogP contribution is 2.36. The lowest BCUT2D eigenvalue weighted by molar-refractivity contribution is 0.249. The van der Waals surface area contributed by atoms with E-state index < -0.39 is 8.56 Å². The van der Waals surface area contributed by atoms with Crippen molar-refractivity contribution in [1.29, 1.82) is 0 Å². The van der Waals surface area contributed by atoms with Crippen molar-refractivity contribution in [3.05, 3.63) is 58.7 Å². The van der Waals surface area contributed by atoms with Gasteiger partial charge in [-0.1, -0.05) is 12.1 Å². The molecule has 0 aliphatic heterocycles. The molecule has 0 spiro atoms. The van der Waals surface area contributed by atoms with Crippen molar-refractivity contribution < 1.29 is 19.1 Å². The van der Waals surface area contributed by atoms with Gasteiger partial charge in [0.25, 0.3) is 0 Å². The molecule has 3 rings (SSSR count). The van der Waals surface area contributed by atoms with Crippen molar-refractivity contribution in [3.8, 4) is 11.5 Å². The van der Waals surface area contributed by atoms with E-state index in [1.54, 1.807) is 26.4 Å². The Hall–Kier alpha value is -1.82. The molecule has 0 saturated carbocycles. The first-order chi connectivity index (χ1) is 12.9. The van der Waals surface area contributed by atoms with Gasteiger partial charge in [-0.25, -0.2) is 0 Å². The minimum atomic E-state index is -2.15. The van der Waals surface area contributed by atoms with Crippen molar-refractivity contribution >= 4 is 8.56 Å². The van der Waals surface area contributed by atoms with Gasteiger partial charge in [0.15, 0.2) is 0 Å². The van der Waals surface area contributed by atoms with Gasteiger partial charge in [-0.15, -0.1) is 0 Å². The minimum Gasteiger partial charge on any atom is -0.508 e. The van der Waals surface area contributed by atoms with Crippen molar-refractivity contribution in [2.75, 3.05) is 14.2 Å². The zero-order chi connectivity index (χ0) is 19.4. The first kappa shape index (κ1) is 19.9. The molecule has 0 heterocycles. The zero-order valence-electron chi connectivity index (χ0n) is 16.5. The Balaban J connectivity index is 1.89. The topological polar surface area (TPSA) is 58.9 Å². The summed E-state index contributed by atoms with van der Waals surface area (Å²) in [5.41, 5.74) is 5.12. The van der Waals surface area contributed by atoms with Gasteiger partial charge in [-0.3, -0.25) is 0 Å². The summed E-state index contributed by atoms with van der Waals surface area (Å²) < 4.78 is 11.3. The second kappa shape index (κ2) is 8.46. The van der Waals surface area contributed by atoms with Gasteiger partial charge in [-0.05, 0) is 97.1 Å². The minimum absolute atomic E-state index is 0.307. The molecule has 2 aromatic rings. The van der Waals surface area contributed by atoms with E-state index in [0.717, 1.165) is 38.1 Å². The van der Waals surface area contributed by atoms with E-state index in [1.807, 2.05) is 24.3 Å². The fourth-order valence-corrected chi connectivity index (χ4v) is 5.35. The Morgan fingerprint density at radius 2 is 1.74 bits per heavy atom. The monoisotopic (exact) mass is 386 g/mol. The predicted molar refractivity (Wildman–Crippen MR) is 110 cm³/mol. The van der Waals surface area contributed by atoms with Crippen LogP contribution in [0.15, 0.2) is 36.4 Å². The number of hydrogen-bond acceptors (Lipinski definition) is 4. The summed E-state index contributed by atoms with van der Waals surface area (Å²) in [4.78, 5) is 0. The highest BCUT2D eigenvalue weighted by atomic mass is 28.4. The summed E-state index contributed by atoms with van der Waals surface area (Å²) >= 11 is 0. The zero-order valence-corrected chi connectivity index (χ0v) is 17.5. The number of rotatable bonds is 6. The van der Waals surface area contributed by atoms with Gasteiger partial charge < -0.3 is 19.1 Å². The van der Waals surface area contributed by atoms with Crippen LogP contribution in [0.1, 0.15) is 41.0 Å². The van der Waals surface area contributed by atoms with Crippen molar-refractivity contribution in [2.24, 2.45) is 0 Å².